The first kappa shape index (κ1) is 15.8. The highest BCUT2D eigenvalue weighted by molar-refractivity contribution is 6.44. The van der Waals surface area contributed by atoms with E-state index in [2.05, 4.69) is 10.3 Å². The first-order chi connectivity index (χ1) is 11.6. The molecule has 0 bridgehead atoms. The Bertz CT molecular complexity index is 912. The number of H-pyrrole nitrogens is 1. The van der Waals surface area contributed by atoms with E-state index in [0.29, 0.717) is 23.2 Å². The van der Waals surface area contributed by atoms with Crippen LogP contribution in [0.1, 0.15) is 21.5 Å². The van der Waals surface area contributed by atoms with E-state index in [1.807, 2.05) is 37.3 Å². The lowest BCUT2D eigenvalue weighted by atomic mass is 10.1. The quantitative estimate of drug-likeness (QED) is 0.560. The van der Waals surface area contributed by atoms with Crippen LogP contribution in [-0.4, -0.2) is 23.8 Å². The molecule has 122 valence electrons. The number of ketones is 1. The number of fused-ring (bicyclic) bond motifs is 1. The molecule has 1 amide bonds. The molecule has 0 spiro atoms. The second-order valence-electron chi connectivity index (χ2n) is 5.55. The Balaban J connectivity index is 1.78. The van der Waals surface area contributed by atoms with E-state index >= 15 is 0 Å². The van der Waals surface area contributed by atoms with Gasteiger partial charge in [0.05, 0.1) is 12.7 Å². The van der Waals surface area contributed by atoms with E-state index in [1.165, 1.54) is 0 Å². The van der Waals surface area contributed by atoms with Gasteiger partial charge in [0.2, 0.25) is 0 Å². The summed E-state index contributed by atoms with van der Waals surface area (Å²) in [6, 6.07) is 13.1. The van der Waals surface area contributed by atoms with Gasteiger partial charge in [0.25, 0.3) is 11.7 Å². The maximum absolute atomic E-state index is 12.5. The highest BCUT2D eigenvalue weighted by Crippen LogP contribution is 2.24. The average molecular weight is 322 g/mol. The molecule has 0 unspecified atom stereocenters. The lowest BCUT2D eigenvalue weighted by molar-refractivity contribution is -0.117. The zero-order valence-corrected chi connectivity index (χ0v) is 13.6. The van der Waals surface area contributed by atoms with Gasteiger partial charge in [0.1, 0.15) is 5.75 Å². The van der Waals surface area contributed by atoms with Crippen LogP contribution in [0.5, 0.6) is 5.75 Å². The predicted octanol–water partition coefficient (Wildman–Crippen LogP) is 2.98. The van der Waals surface area contributed by atoms with Crippen molar-refractivity contribution in [2.75, 3.05) is 7.11 Å². The fraction of sp³-hybridized carbons (Fsp3) is 0.158. The van der Waals surface area contributed by atoms with E-state index in [-0.39, 0.29) is 0 Å². The van der Waals surface area contributed by atoms with Gasteiger partial charge in [-0.05, 0) is 36.2 Å². The second kappa shape index (κ2) is 6.58. The van der Waals surface area contributed by atoms with Crippen molar-refractivity contribution >= 4 is 22.6 Å². The van der Waals surface area contributed by atoms with Crippen LogP contribution in [0.4, 0.5) is 0 Å². The monoisotopic (exact) mass is 322 g/mol. The molecule has 1 heterocycles. The van der Waals surface area contributed by atoms with Crippen LogP contribution < -0.4 is 10.1 Å². The van der Waals surface area contributed by atoms with Gasteiger partial charge in [-0.15, -0.1) is 0 Å². The lowest BCUT2D eigenvalue weighted by Crippen LogP contribution is -2.30. The van der Waals surface area contributed by atoms with Crippen LogP contribution in [0.25, 0.3) is 10.9 Å². The van der Waals surface area contributed by atoms with Gasteiger partial charge in [-0.3, -0.25) is 9.59 Å². The Morgan fingerprint density at radius 3 is 2.71 bits per heavy atom. The number of ether oxygens (including phenoxy) is 1. The van der Waals surface area contributed by atoms with Gasteiger partial charge < -0.3 is 15.0 Å². The number of aryl methyl sites for hydroxylation is 1. The van der Waals surface area contributed by atoms with Gasteiger partial charge in [-0.25, -0.2) is 0 Å². The summed E-state index contributed by atoms with van der Waals surface area (Å²) in [5.41, 5.74) is 3.18. The van der Waals surface area contributed by atoms with Gasteiger partial charge in [0, 0.05) is 23.6 Å². The summed E-state index contributed by atoms with van der Waals surface area (Å²) in [6.07, 6.45) is 1.56. The molecule has 5 heteroatoms. The van der Waals surface area contributed by atoms with Crippen molar-refractivity contribution in [3.63, 3.8) is 0 Å². The SMILES string of the molecule is COc1ccc2[nH]cc(C(=O)C(=O)NCc3ccccc3C)c2c1. The summed E-state index contributed by atoms with van der Waals surface area (Å²) in [4.78, 5) is 27.7. The minimum atomic E-state index is -0.623. The van der Waals surface area contributed by atoms with Crippen LogP contribution in [0.15, 0.2) is 48.7 Å². The fourth-order valence-electron chi connectivity index (χ4n) is 2.60. The topological polar surface area (TPSA) is 71.2 Å². The first-order valence-electron chi connectivity index (χ1n) is 7.62. The van der Waals surface area contributed by atoms with E-state index in [4.69, 9.17) is 4.74 Å². The zero-order valence-electron chi connectivity index (χ0n) is 13.6. The Labute approximate surface area is 139 Å². The minimum absolute atomic E-state index is 0.322. The number of aromatic amines is 1. The number of carbonyl (C=O) groups excluding carboxylic acids is 2. The predicted molar refractivity (Wildman–Crippen MR) is 92.2 cm³/mol. The molecular formula is C19H18N2O3. The van der Waals surface area contributed by atoms with Gasteiger partial charge in [-0.1, -0.05) is 24.3 Å². The molecule has 0 radical (unpaired) electrons. The number of rotatable bonds is 5. The number of methoxy groups -OCH3 is 1. The Kier molecular flexibility index (Phi) is 4.33. The summed E-state index contributed by atoms with van der Waals surface area (Å²) >= 11 is 0. The maximum Gasteiger partial charge on any atom is 0.292 e. The van der Waals surface area contributed by atoms with E-state index in [1.54, 1.807) is 25.4 Å². The van der Waals surface area contributed by atoms with Crippen molar-refractivity contribution in [3.8, 4) is 5.75 Å². The van der Waals surface area contributed by atoms with Crippen LogP contribution >= 0.6 is 0 Å². The molecule has 2 N–H and O–H groups in total. The molecule has 3 aromatic rings. The number of Topliss-reactive ketones (excluding diaryl/α,β-unsaturated/α-hetero) is 1. The molecule has 3 rings (SSSR count). The largest absolute Gasteiger partial charge is 0.497 e. The lowest BCUT2D eigenvalue weighted by Gasteiger charge is -2.07. The number of benzene rings is 2. The summed E-state index contributed by atoms with van der Waals surface area (Å²) in [6.45, 7) is 2.29. The van der Waals surface area contributed by atoms with E-state index in [0.717, 1.165) is 16.6 Å². The molecule has 0 saturated carbocycles. The summed E-state index contributed by atoms with van der Waals surface area (Å²) in [7, 11) is 1.56. The van der Waals surface area contributed by atoms with E-state index < -0.39 is 11.7 Å². The normalized spacial score (nSPS) is 10.6. The van der Waals surface area contributed by atoms with Crippen molar-refractivity contribution in [1.29, 1.82) is 0 Å². The van der Waals surface area contributed by atoms with Crippen LogP contribution in [-0.2, 0) is 11.3 Å². The maximum atomic E-state index is 12.5. The van der Waals surface area contributed by atoms with Crippen LogP contribution in [0, 0.1) is 6.92 Å². The molecular weight excluding hydrogens is 304 g/mol. The molecule has 0 aliphatic heterocycles. The van der Waals surface area contributed by atoms with Gasteiger partial charge in [0.15, 0.2) is 0 Å². The molecule has 0 fully saturated rings. The van der Waals surface area contributed by atoms with Crippen molar-refractivity contribution in [2.24, 2.45) is 0 Å². The van der Waals surface area contributed by atoms with Crippen molar-refractivity contribution < 1.29 is 14.3 Å². The summed E-state index contributed by atoms with van der Waals surface area (Å²) in [5.74, 6) is -0.554. The summed E-state index contributed by atoms with van der Waals surface area (Å²) < 4.78 is 5.18. The number of amides is 1. The van der Waals surface area contributed by atoms with E-state index in [9.17, 15) is 9.59 Å². The standard InChI is InChI=1S/C19H18N2O3/c1-12-5-3-4-6-13(12)10-21-19(23)18(22)16-11-20-17-8-7-14(24-2)9-15(16)17/h3-9,11,20H,10H2,1-2H3,(H,21,23). The number of nitrogens with one attached hydrogen (secondary N) is 2. The third-order valence-electron chi connectivity index (χ3n) is 4.04. The van der Waals surface area contributed by atoms with Crippen molar-refractivity contribution in [3.05, 3.63) is 65.4 Å². The molecule has 0 atom stereocenters. The average Bonchev–Trinajstić information content (AvgIpc) is 3.03. The first-order valence-corrected chi connectivity index (χ1v) is 7.62. The van der Waals surface area contributed by atoms with Gasteiger partial charge >= 0.3 is 0 Å². The Hall–Kier alpha value is -3.08. The second-order valence-corrected chi connectivity index (χ2v) is 5.55. The molecule has 1 aromatic heterocycles. The van der Waals surface area contributed by atoms with Crippen molar-refractivity contribution in [1.82, 2.24) is 10.3 Å². The molecule has 24 heavy (non-hydrogen) atoms. The highest BCUT2D eigenvalue weighted by Gasteiger charge is 2.20. The number of carbonyl (C=O) groups is 2. The zero-order chi connectivity index (χ0) is 17.1. The third kappa shape index (κ3) is 3.01. The smallest absolute Gasteiger partial charge is 0.292 e. The fourth-order valence-corrected chi connectivity index (χ4v) is 2.60. The number of aromatic nitrogens is 1. The molecule has 0 saturated heterocycles. The summed E-state index contributed by atoms with van der Waals surface area (Å²) in [5, 5.41) is 3.36. The number of hydrogen-bond donors (Lipinski definition) is 2. The minimum Gasteiger partial charge on any atom is -0.497 e. The molecule has 0 aliphatic rings. The molecule has 2 aromatic carbocycles. The highest BCUT2D eigenvalue weighted by atomic mass is 16.5. The van der Waals surface area contributed by atoms with Crippen molar-refractivity contribution in [2.45, 2.75) is 13.5 Å². The Morgan fingerprint density at radius 1 is 1.17 bits per heavy atom. The van der Waals surface area contributed by atoms with Crippen LogP contribution in [0.2, 0.25) is 0 Å². The van der Waals surface area contributed by atoms with Gasteiger partial charge in [-0.2, -0.15) is 0 Å². The number of hydrogen-bond acceptors (Lipinski definition) is 3. The van der Waals surface area contributed by atoms with Crippen LogP contribution in [0.3, 0.4) is 0 Å². The Morgan fingerprint density at radius 2 is 1.96 bits per heavy atom. The third-order valence-corrected chi connectivity index (χ3v) is 4.04. The molecule has 5 nitrogen and oxygen atoms in total. The molecule has 0 aliphatic carbocycles.